The van der Waals surface area contributed by atoms with Gasteiger partial charge in [-0.05, 0) is 25.7 Å². The Balaban J connectivity index is 2.57. The lowest BCUT2D eigenvalue weighted by molar-refractivity contribution is -0.128. The van der Waals surface area contributed by atoms with Gasteiger partial charge < -0.3 is 0 Å². The molecule has 0 heterocycles. The third-order valence-electron chi connectivity index (χ3n) is 3.06. The van der Waals surface area contributed by atoms with Gasteiger partial charge >= 0.3 is 6.18 Å². The van der Waals surface area contributed by atoms with Crippen molar-refractivity contribution >= 4 is 0 Å². The SMILES string of the molecule is CC(C#N)(NCC(F)(F)F)C1CCCC1. The summed E-state index contributed by atoms with van der Waals surface area (Å²) in [6, 6.07) is 1.98. The number of nitrogens with zero attached hydrogens (tertiary/aromatic N) is 1. The fraction of sp³-hybridized carbons (Fsp3) is 0.900. The van der Waals surface area contributed by atoms with E-state index in [9.17, 15) is 13.2 Å². The van der Waals surface area contributed by atoms with Crippen LogP contribution >= 0.6 is 0 Å². The number of halogens is 3. The van der Waals surface area contributed by atoms with E-state index in [0.717, 1.165) is 25.7 Å². The molecule has 0 bridgehead atoms. The molecule has 0 spiro atoms. The Morgan fingerprint density at radius 1 is 1.33 bits per heavy atom. The van der Waals surface area contributed by atoms with E-state index >= 15 is 0 Å². The van der Waals surface area contributed by atoms with Gasteiger partial charge in [-0.25, -0.2) is 0 Å². The Labute approximate surface area is 87.5 Å². The fourth-order valence-electron chi connectivity index (χ4n) is 2.06. The van der Waals surface area contributed by atoms with Gasteiger partial charge in [-0.3, -0.25) is 5.32 Å². The molecule has 1 unspecified atom stereocenters. The molecule has 1 aliphatic rings. The zero-order valence-corrected chi connectivity index (χ0v) is 8.69. The quantitative estimate of drug-likeness (QED) is 0.793. The third-order valence-corrected chi connectivity index (χ3v) is 3.06. The largest absolute Gasteiger partial charge is 0.401 e. The van der Waals surface area contributed by atoms with Crippen molar-refractivity contribution in [2.24, 2.45) is 5.92 Å². The Hall–Kier alpha value is -0.760. The maximum absolute atomic E-state index is 12.0. The molecule has 1 N–H and O–H groups in total. The molecule has 86 valence electrons. The minimum Gasteiger partial charge on any atom is -0.291 e. The molecule has 1 aliphatic carbocycles. The van der Waals surface area contributed by atoms with E-state index in [-0.39, 0.29) is 5.92 Å². The van der Waals surface area contributed by atoms with Crippen LogP contribution in [0.1, 0.15) is 32.6 Å². The lowest BCUT2D eigenvalue weighted by Gasteiger charge is -2.30. The van der Waals surface area contributed by atoms with Gasteiger partial charge in [0.05, 0.1) is 12.6 Å². The summed E-state index contributed by atoms with van der Waals surface area (Å²) in [6.07, 6.45) is -0.550. The van der Waals surface area contributed by atoms with Crippen molar-refractivity contribution in [3.05, 3.63) is 0 Å². The molecule has 1 rings (SSSR count). The average Bonchev–Trinajstić information content (AvgIpc) is 2.66. The standard InChI is InChI=1S/C10H15F3N2/c1-9(6-14,8-4-2-3-5-8)15-7-10(11,12)13/h8,15H,2-5,7H2,1H3. The van der Waals surface area contributed by atoms with Crippen LogP contribution in [-0.4, -0.2) is 18.3 Å². The monoisotopic (exact) mass is 220 g/mol. The van der Waals surface area contributed by atoms with Gasteiger partial charge in [-0.1, -0.05) is 12.8 Å². The molecule has 0 amide bonds. The number of hydrogen-bond donors (Lipinski definition) is 1. The molecule has 0 radical (unpaired) electrons. The van der Waals surface area contributed by atoms with Crippen molar-refractivity contribution in [3.8, 4) is 6.07 Å². The molecular formula is C10H15F3N2. The molecular weight excluding hydrogens is 205 g/mol. The topological polar surface area (TPSA) is 35.8 Å². The first-order valence-corrected chi connectivity index (χ1v) is 5.10. The number of hydrogen-bond acceptors (Lipinski definition) is 2. The van der Waals surface area contributed by atoms with E-state index in [4.69, 9.17) is 5.26 Å². The van der Waals surface area contributed by atoms with Crippen molar-refractivity contribution in [2.75, 3.05) is 6.54 Å². The molecule has 0 aliphatic heterocycles. The minimum atomic E-state index is -4.25. The highest BCUT2D eigenvalue weighted by molar-refractivity contribution is 5.09. The van der Waals surface area contributed by atoms with E-state index in [1.165, 1.54) is 0 Å². The summed E-state index contributed by atoms with van der Waals surface area (Å²) in [7, 11) is 0. The predicted octanol–water partition coefficient (Wildman–Crippen LogP) is 2.61. The van der Waals surface area contributed by atoms with Crippen molar-refractivity contribution in [1.82, 2.24) is 5.32 Å². The van der Waals surface area contributed by atoms with Crippen LogP contribution in [0.15, 0.2) is 0 Å². The molecule has 1 saturated carbocycles. The van der Waals surface area contributed by atoms with Crippen LogP contribution in [0.5, 0.6) is 0 Å². The van der Waals surface area contributed by atoms with Gasteiger partial charge in [0.25, 0.3) is 0 Å². The van der Waals surface area contributed by atoms with E-state index in [1.807, 2.05) is 6.07 Å². The Bertz CT molecular complexity index is 250. The maximum Gasteiger partial charge on any atom is 0.401 e. The molecule has 1 fully saturated rings. The molecule has 2 nitrogen and oxygen atoms in total. The summed E-state index contributed by atoms with van der Waals surface area (Å²) in [6.45, 7) is 0.474. The predicted molar refractivity (Wildman–Crippen MR) is 50.0 cm³/mol. The van der Waals surface area contributed by atoms with Crippen LogP contribution in [0.25, 0.3) is 0 Å². The van der Waals surface area contributed by atoms with Crippen molar-refractivity contribution < 1.29 is 13.2 Å². The highest BCUT2D eigenvalue weighted by Crippen LogP contribution is 2.34. The van der Waals surface area contributed by atoms with Gasteiger partial charge in [-0.2, -0.15) is 18.4 Å². The number of nitriles is 1. The van der Waals surface area contributed by atoms with Crippen molar-refractivity contribution in [2.45, 2.75) is 44.3 Å². The van der Waals surface area contributed by atoms with Crippen LogP contribution in [0.4, 0.5) is 13.2 Å². The second kappa shape index (κ2) is 4.40. The highest BCUT2D eigenvalue weighted by atomic mass is 19.4. The summed E-state index contributed by atoms with van der Waals surface area (Å²) >= 11 is 0. The van der Waals surface area contributed by atoms with Crippen molar-refractivity contribution in [3.63, 3.8) is 0 Å². The minimum absolute atomic E-state index is 0.0462. The van der Waals surface area contributed by atoms with Crippen LogP contribution in [-0.2, 0) is 0 Å². The van der Waals surface area contributed by atoms with Crippen LogP contribution < -0.4 is 5.32 Å². The van der Waals surface area contributed by atoms with Gasteiger partial charge in [0, 0.05) is 0 Å². The summed E-state index contributed by atoms with van der Waals surface area (Å²) in [5.41, 5.74) is -1.04. The molecule has 0 aromatic heterocycles. The third kappa shape index (κ3) is 3.38. The average molecular weight is 220 g/mol. The zero-order chi connectivity index (χ0) is 11.5. The van der Waals surface area contributed by atoms with Gasteiger partial charge in [0.15, 0.2) is 0 Å². The maximum atomic E-state index is 12.0. The lowest BCUT2D eigenvalue weighted by Crippen LogP contribution is -2.50. The van der Waals surface area contributed by atoms with Crippen molar-refractivity contribution in [1.29, 1.82) is 5.26 Å². The number of rotatable bonds is 3. The Morgan fingerprint density at radius 3 is 2.27 bits per heavy atom. The zero-order valence-electron chi connectivity index (χ0n) is 8.69. The Kier molecular flexibility index (Phi) is 3.61. The van der Waals surface area contributed by atoms with Gasteiger partial charge in [0.1, 0.15) is 5.54 Å². The Morgan fingerprint density at radius 2 is 1.87 bits per heavy atom. The molecule has 5 heteroatoms. The second-order valence-corrected chi connectivity index (χ2v) is 4.26. The van der Waals surface area contributed by atoms with Crippen LogP contribution in [0.3, 0.4) is 0 Å². The van der Waals surface area contributed by atoms with E-state index in [1.54, 1.807) is 6.92 Å². The first kappa shape index (κ1) is 12.3. The fourth-order valence-corrected chi connectivity index (χ4v) is 2.06. The summed E-state index contributed by atoms with van der Waals surface area (Å²) < 4.78 is 36.1. The number of nitrogens with one attached hydrogen (secondary N) is 1. The highest BCUT2D eigenvalue weighted by Gasteiger charge is 2.39. The van der Waals surface area contributed by atoms with E-state index < -0.39 is 18.3 Å². The first-order valence-electron chi connectivity index (χ1n) is 5.10. The number of alkyl halides is 3. The normalized spacial score (nSPS) is 22.3. The van der Waals surface area contributed by atoms with E-state index in [0.29, 0.717) is 0 Å². The summed E-state index contributed by atoms with van der Waals surface area (Å²) in [5.74, 6) is 0.0462. The molecule has 0 saturated heterocycles. The van der Waals surface area contributed by atoms with E-state index in [2.05, 4.69) is 5.32 Å². The summed E-state index contributed by atoms with van der Waals surface area (Å²) in [4.78, 5) is 0. The van der Waals surface area contributed by atoms with Gasteiger partial charge in [0.2, 0.25) is 0 Å². The van der Waals surface area contributed by atoms with Gasteiger partial charge in [-0.15, -0.1) is 0 Å². The lowest BCUT2D eigenvalue weighted by atomic mass is 9.85. The molecule has 0 aromatic rings. The summed E-state index contributed by atoms with van der Waals surface area (Å²) in [5, 5.41) is 11.3. The molecule has 15 heavy (non-hydrogen) atoms. The smallest absolute Gasteiger partial charge is 0.291 e. The van der Waals surface area contributed by atoms with Crippen LogP contribution in [0, 0.1) is 17.2 Å². The molecule has 0 aromatic carbocycles. The second-order valence-electron chi connectivity index (χ2n) is 4.26. The van der Waals surface area contributed by atoms with Crippen LogP contribution in [0.2, 0.25) is 0 Å². The first-order chi connectivity index (χ1) is 6.87. The molecule has 1 atom stereocenters.